The fourth-order valence-electron chi connectivity index (χ4n) is 2.96. The molecule has 0 aliphatic heterocycles. The number of aromatic nitrogens is 3. The maximum absolute atomic E-state index is 12.6. The van der Waals surface area contributed by atoms with Crippen molar-refractivity contribution in [3.05, 3.63) is 70.8 Å². The second-order valence-electron chi connectivity index (χ2n) is 6.42. The van der Waals surface area contributed by atoms with Gasteiger partial charge in [0.25, 0.3) is 5.91 Å². The van der Waals surface area contributed by atoms with Crippen molar-refractivity contribution >= 4 is 11.7 Å². The fourth-order valence-corrected chi connectivity index (χ4v) is 2.96. The summed E-state index contributed by atoms with van der Waals surface area (Å²) < 4.78 is 1.89. The summed E-state index contributed by atoms with van der Waals surface area (Å²) in [4.78, 5) is 28.6. The molecule has 1 N–H and O–H groups in total. The Hall–Kier alpha value is -3.15. The number of carbonyl (C=O) groups excluding carboxylic acids is 2. The van der Waals surface area contributed by atoms with E-state index in [1.807, 2.05) is 48.9 Å². The SMILES string of the molecule is CC(=O)c1c[nH]c(C(=O)N(C)Cc2c(C)nn(-c3ccccc3)c2C)c1. The molecule has 0 saturated heterocycles. The average Bonchev–Trinajstić information content (AvgIpc) is 3.22. The molecule has 0 radical (unpaired) electrons. The molecular weight excluding hydrogens is 328 g/mol. The Labute approximate surface area is 152 Å². The summed E-state index contributed by atoms with van der Waals surface area (Å²) >= 11 is 0. The van der Waals surface area contributed by atoms with Crippen LogP contribution in [-0.2, 0) is 6.54 Å². The Balaban J connectivity index is 1.83. The highest BCUT2D eigenvalue weighted by atomic mass is 16.2. The summed E-state index contributed by atoms with van der Waals surface area (Å²) in [6, 6.07) is 11.5. The van der Waals surface area contributed by atoms with E-state index < -0.39 is 0 Å². The number of aryl methyl sites for hydroxylation is 1. The maximum Gasteiger partial charge on any atom is 0.270 e. The lowest BCUT2D eigenvalue weighted by molar-refractivity contribution is 0.0779. The van der Waals surface area contributed by atoms with Crippen LogP contribution in [0, 0.1) is 13.8 Å². The lowest BCUT2D eigenvalue weighted by atomic mass is 10.1. The zero-order valence-corrected chi connectivity index (χ0v) is 15.4. The van der Waals surface area contributed by atoms with Crippen LogP contribution in [-0.4, -0.2) is 38.4 Å². The minimum absolute atomic E-state index is 0.0706. The van der Waals surface area contributed by atoms with Crippen LogP contribution in [0.3, 0.4) is 0 Å². The number of rotatable bonds is 5. The number of para-hydroxylation sites is 1. The summed E-state index contributed by atoms with van der Waals surface area (Å²) in [5.74, 6) is -0.234. The minimum atomic E-state index is -0.163. The molecule has 3 rings (SSSR count). The van der Waals surface area contributed by atoms with Gasteiger partial charge in [-0.15, -0.1) is 0 Å². The van der Waals surface area contributed by atoms with Crippen molar-refractivity contribution in [1.82, 2.24) is 19.7 Å². The van der Waals surface area contributed by atoms with E-state index in [2.05, 4.69) is 10.1 Å². The number of hydrogen-bond donors (Lipinski definition) is 1. The molecular formula is C20H22N4O2. The number of carbonyl (C=O) groups is 2. The molecule has 0 aliphatic carbocycles. The summed E-state index contributed by atoms with van der Waals surface area (Å²) in [6.45, 7) is 5.87. The zero-order valence-electron chi connectivity index (χ0n) is 15.4. The van der Waals surface area contributed by atoms with Crippen molar-refractivity contribution in [1.29, 1.82) is 0 Å². The predicted molar refractivity (Wildman–Crippen MR) is 99.6 cm³/mol. The number of amides is 1. The van der Waals surface area contributed by atoms with E-state index >= 15 is 0 Å². The van der Waals surface area contributed by atoms with Crippen LogP contribution in [0.5, 0.6) is 0 Å². The molecule has 0 bridgehead atoms. The lowest BCUT2D eigenvalue weighted by Crippen LogP contribution is -2.27. The van der Waals surface area contributed by atoms with Crippen molar-refractivity contribution in [2.24, 2.45) is 0 Å². The maximum atomic E-state index is 12.6. The molecule has 0 atom stereocenters. The predicted octanol–water partition coefficient (Wildman–Crippen LogP) is 3.29. The van der Waals surface area contributed by atoms with Crippen molar-refractivity contribution in [2.75, 3.05) is 7.05 Å². The van der Waals surface area contributed by atoms with Crippen LogP contribution >= 0.6 is 0 Å². The largest absolute Gasteiger partial charge is 0.356 e. The van der Waals surface area contributed by atoms with Gasteiger partial charge in [-0.25, -0.2) is 4.68 Å². The van der Waals surface area contributed by atoms with Gasteiger partial charge in [0, 0.05) is 36.6 Å². The fraction of sp³-hybridized carbons (Fsp3) is 0.250. The van der Waals surface area contributed by atoms with E-state index in [-0.39, 0.29) is 11.7 Å². The number of Topliss-reactive ketones (excluding diaryl/α,β-unsaturated/α-hetero) is 1. The number of hydrogen-bond acceptors (Lipinski definition) is 3. The van der Waals surface area contributed by atoms with Crippen molar-refractivity contribution < 1.29 is 9.59 Å². The van der Waals surface area contributed by atoms with Gasteiger partial charge in [0.1, 0.15) is 5.69 Å². The summed E-state index contributed by atoms with van der Waals surface area (Å²) in [5.41, 5.74) is 4.81. The summed E-state index contributed by atoms with van der Waals surface area (Å²) in [5, 5.41) is 4.62. The molecule has 2 heterocycles. The van der Waals surface area contributed by atoms with Gasteiger partial charge in [0.15, 0.2) is 5.78 Å². The highest BCUT2D eigenvalue weighted by Crippen LogP contribution is 2.20. The van der Waals surface area contributed by atoms with E-state index in [0.717, 1.165) is 22.6 Å². The Bertz CT molecular complexity index is 954. The van der Waals surface area contributed by atoms with Crippen LogP contribution in [0.2, 0.25) is 0 Å². The Morgan fingerprint density at radius 1 is 1.19 bits per heavy atom. The Morgan fingerprint density at radius 2 is 1.88 bits per heavy atom. The van der Waals surface area contributed by atoms with Gasteiger partial charge in [-0.1, -0.05) is 18.2 Å². The number of nitrogens with zero attached hydrogens (tertiary/aromatic N) is 3. The molecule has 3 aromatic rings. The third-order valence-corrected chi connectivity index (χ3v) is 4.50. The van der Waals surface area contributed by atoms with Gasteiger partial charge in [-0.3, -0.25) is 9.59 Å². The molecule has 134 valence electrons. The summed E-state index contributed by atoms with van der Waals surface area (Å²) in [7, 11) is 1.75. The Morgan fingerprint density at radius 3 is 2.50 bits per heavy atom. The first-order valence-corrected chi connectivity index (χ1v) is 8.44. The third-order valence-electron chi connectivity index (χ3n) is 4.50. The molecule has 1 amide bonds. The Kier molecular flexibility index (Phi) is 4.75. The van der Waals surface area contributed by atoms with Gasteiger partial charge >= 0.3 is 0 Å². The molecule has 0 saturated carbocycles. The van der Waals surface area contributed by atoms with Crippen molar-refractivity contribution in [3.63, 3.8) is 0 Å². The molecule has 2 aromatic heterocycles. The van der Waals surface area contributed by atoms with Crippen LogP contribution in [0.4, 0.5) is 0 Å². The van der Waals surface area contributed by atoms with E-state index in [9.17, 15) is 9.59 Å². The normalized spacial score (nSPS) is 10.8. The van der Waals surface area contributed by atoms with Crippen LogP contribution in [0.1, 0.15) is 44.7 Å². The second-order valence-corrected chi connectivity index (χ2v) is 6.42. The van der Waals surface area contributed by atoms with Crippen LogP contribution in [0.15, 0.2) is 42.6 Å². The quantitative estimate of drug-likeness (QED) is 0.718. The highest BCUT2D eigenvalue weighted by Gasteiger charge is 2.19. The van der Waals surface area contributed by atoms with E-state index in [1.54, 1.807) is 24.2 Å². The number of benzene rings is 1. The first-order valence-electron chi connectivity index (χ1n) is 8.44. The van der Waals surface area contributed by atoms with Gasteiger partial charge in [0.05, 0.1) is 11.4 Å². The molecule has 0 fully saturated rings. The lowest BCUT2D eigenvalue weighted by Gasteiger charge is -2.17. The van der Waals surface area contributed by atoms with Crippen LogP contribution < -0.4 is 0 Å². The van der Waals surface area contributed by atoms with Gasteiger partial charge in [0.2, 0.25) is 0 Å². The van der Waals surface area contributed by atoms with E-state index in [0.29, 0.717) is 17.8 Å². The second kappa shape index (κ2) is 7.00. The van der Waals surface area contributed by atoms with E-state index in [1.165, 1.54) is 6.92 Å². The number of nitrogens with one attached hydrogen (secondary N) is 1. The number of aromatic amines is 1. The number of H-pyrrole nitrogens is 1. The first kappa shape index (κ1) is 17.7. The highest BCUT2D eigenvalue weighted by molar-refractivity contribution is 5.99. The third kappa shape index (κ3) is 3.31. The van der Waals surface area contributed by atoms with Crippen molar-refractivity contribution in [2.45, 2.75) is 27.3 Å². The zero-order chi connectivity index (χ0) is 18.8. The molecule has 6 heteroatoms. The smallest absolute Gasteiger partial charge is 0.270 e. The summed E-state index contributed by atoms with van der Waals surface area (Å²) in [6.07, 6.45) is 1.56. The molecule has 0 unspecified atom stereocenters. The number of ketones is 1. The standard InChI is InChI=1S/C20H22N4O2/c1-13-18(14(2)24(22-13)17-8-6-5-7-9-17)12-23(4)20(26)19-10-16(11-21-19)15(3)25/h5-11,21H,12H2,1-4H3. The van der Waals surface area contributed by atoms with Gasteiger partial charge in [-0.2, -0.15) is 5.10 Å². The monoisotopic (exact) mass is 350 g/mol. The molecule has 6 nitrogen and oxygen atoms in total. The van der Waals surface area contributed by atoms with Gasteiger partial charge in [-0.05, 0) is 39.0 Å². The molecule has 0 aliphatic rings. The van der Waals surface area contributed by atoms with Crippen LogP contribution in [0.25, 0.3) is 5.69 Å². The average molecular weight is 350 g/mol. The van der Waals surface area contributed by atoms with E-state index in [4.69, 9.17) is 0 Å². The van der Waals surface area contributed by atoms with Crippen molar-refractivity contribution in [3.8, 4) is 5.69 Å². The topological polar surface area (TPSA) is 71.0 Å². The molecule has 0 spiro atoms. The first-order chi connectivity index (χ1) is 12.4. The molecule has 1 aromatic carbocycles. The minimum Gasteiger partial charge on any atom is -0.356 e. The molecule has 26 heavy (non-hydrogen) atoms. The van der Waals surface area contributed by atoms with Gasteiger partial charge < -0.3 is 9.88 Å².